The van der Waals surface area contributed by atoms with Crippen molar-refractivity contribution in [2.24, 2.45) is 0 Å². The number of benzene rings is 1. The molecule has 0 spiro atoms. The Bertz CT molecular complexity index is 432. The number of hydrogen-bond acceptors (Lipinski definition) is 2. The molecule has 0 amide bonds. The van der Waals surface area contributed by atoms with Crippen molar-refractivity contribution >= 4 is 17.3 Å². The number of hydrogen-bond donors (Lipinski definition) is 1. The highest BCUT2D eigenvalue weighted by Gasteiger charge is 2.31. The van der Waals surface area contributed by atoms with E-state index in [2.05, 4.69) is 24.1 Å². The quantitative estimate of drug-likeness (QED) is 0.907. The van der Waals surface area contributed by atoms with Gasteiger partial charge in [-0.2, -0.15) is 0 Å². The highest BCUT2D eigenvalue weighted by atomic mass is 35.5. The van der Waals surface area contributed by atoms with E-state index in [1.165, 1.54) is 0 Å². The highest BCUT2D eigenvalue weighted by Crippen LogP contribution is 2.29. The van der Waals surface area contributed by atoms with Gasteiger partial charge in [0.1, 0.15) is 0 Å². The summed E-state index contributed by atoms with van der Waals surface area (Å²) in [4.78, 5) is 2.13. The van der Waals surface area contributed by atoms with Gasteiger partial charge >= 0.3 is 0 Å². The van der Waals surface area contributed by atoms with Crippen molar-refractivity contribution in [3.8, 4) is 0 Å². The topological polar surface area (TPSA) is 15.3 Å². The fourth-order valence-corrected chi connectivity index (χ4v) is 2.96. The van der Waals surface area contributed by atoms with E-state index in [1.54, 1.807) is 6.07 Å². The van der Waals surface area contributed by atoms with Crippen molar-refractivity contribution in [1.29, 1.82) is 0 Å². The molecule has 0 aromatic heterocycles. The fourth-order valence-electron chi connectivity index (χ4n) is 2.79. The van der Waals surface area contributed by atoms with Crippen LogP contribution in [0.3, 0.4) is 0 Å². The van der Waals surface area contributed by atoms with Crippen molar-refractivity contribution in [3.05, 3.63) is 29.0 Å². The summed E-state index contributed by atoms with van der Waals surface area (Å²) in [5, 5.41) is 3.83. The fraction of sp³-hybridized carbons (Fsp3) is 0.600. The Morgan fingerprint density at radius 3 is 2.79 bits per heavy atom. The second kappa shape index (κ2) is 6.10. The Morgan fingerprint density at radius 1 is 1.37 bits per heavy atom. The maximum absolute atomic E-state index is 14.2. The SMILES string of the molecule is CCC1(CC)CN(c2cccc(Cl)c2F)CCCN1. The van der Waals surface area contributed by atoms with Crippen LogP contribution < -0.4 is 10.2 Å². The Balaban J connectivity index is 2.30. The van der Waals surface area contributed by atoms with Crippen LogP contribution in [0.1, 0.15) is 33.1 Å². The van der Waals surface area contributed by atoms with Crippen molar-refractivity contribution in [1.82, 2.24) is 5.32 Å². The number of nitrogens with one attached hydrogen (secondary N) is 1. The lowest BCUT2D eigenvalue weighted by Crippen LogP contribution is -2.50. The molecule has 1 saturated heterocycles. The first-order valence-corrected chi connectivity index (χ1v) is 7.43. The monoisotopic (exact) mass is 284 g/mol. The normalized spacial score (nSPS) is 19.3. The van der Waals surface area contributed by atoms with E-state index in [4.69, 9.17) is 11.6 Å². The molecule has 0 aliphatic carbocycles. The summed E-state index contributed by atoms with van der Waals surface area (Å²) < 4.78 is 14.2. The summed E-state index contributed by atoms with van der Waals surface area (Å²) in [5.74, 6) is -0.299. The lowest BCUT2D eigenvalue weighted by molar-refractivity contribution is 0.321. The minimum Gasteiger partial charge on any atom is -0.367 e. The molecule has 2 rings (SSSR count). The molecule has 1 aromatic rings. The van der Waals surface area contributed by atoms with E-state index in [1.807, 2.05) is 12.1 Å². The van der Waals surface area contributed by atoms with E-state index < -0.39 is 0 Å². The smallest absolute Gasteiger partial charge is 0.165 e. The highest BCUT2D eigenvalue weighted by molar-refractivity contribution is 6.31. The number of halogens is 2. The molecule has 2 nitrogen and oxygen atoms in total. The minimum atomic E-state index is -0.299. The Labute approximate surface area is 119 Å². The number of rotatable bonds is 3. The van der Waals surface area contributed by atoms with Crippen LogP contribution >= 0.6 is 11.6 Å². The van der Waals surface area contributed by atoms with Crippen molar-refractivity contribution < 1.29 is 4.39 Å². The van der Waals surface area contributed by atoms with Gasteiger partial charge in [-0.3, -0.25) is 0 Å². The lowest BCUT2D eigenvalue weighted by Gasteiger charge is -2.36. The standard InChI is InChI=1S/C15H22ClFN2/c1-3-15(4-2)11-19(10-6-9-18-15)13-8-5-7-12(16)14(13)17/h5,7-8,18H,3-4,6,9-11H2,1-2H3. The maximum Gasteiger partial charge on any atom is 0.165 e. The van der Waals surface area contributed by atoms with Gasteiger partial charge in [-0.1, -0.05) is 31.5 Å². The van der Waals surface area contributed by atoms with Crippen molar-refractivity contribution in [2.75, 3.05) is 24.5 Å². The van der Waals surface area contributed by atoms with Crippen LogP contribution in [0.2, 0.25) is 5.02 Å². The second-order valence-corrected chi connectivity index (χ2v) is 5.67. The molecule has 0 radical (unpaired) electrons. The molecule has 0 unspecified atom stereocenters. The molecule has 19 heavy (non-hydrogen) atoms. The molecule has 1 aliphatic heterocycles. The first-order valence-electron chi connectivity index (χ1n) is 7.06. The third-order valence-corrected chi connectivity index (χ3v) is 4.52. The van der Waals surface area contributed by atoms with Gasteiger partial charge in [-0.05, 0) is 37.9 Å². The lowest BCUT2D eigenvalue weighted by atomic mass is 9.92. The van der Waals surface area contributed by atoms with Crippen LogP contribution in [0.25, 0.3) is 0 Å². The van der Waals surface area contributed by atoms with E-state index in [-0.39, 0.29) is 16.4 Å². The molecule has 0 atom stereocenters. The summed E-state index contributed by atoms with van der Waals surface area (Å²) in [6.07, 6.45) is 3.11. The Morgan fingerprint density at radius 2 is 2.11 bits per heavy atom. The molecule has 0 bridgehead atoms. The minimum absolute atomic E-state index is 0.0747. The molecule has 4 heteroatoms. The van der Waals surface area contributed by atoms with E-state index >= 15 is 0 Å². The van der Waals surface area contributed by atoms with E-state index in [9.17, 15) is 4.39 Å². The zero-order valence-electron chi connectivity index (χ0n) is 11.7. The first kappa shape index (κ1) is 14.6. The third-order valence-electron chi connectivity index (χ3n) is 4.22. The van der Waals surface area contributed by atoms with Gasteiger partial charge in [-0.15, -0.1) is 0 Å². The zero-order chi connectivity index (χ0) is 13.9. The van der Waals surface area contributed by atoms with Gasteiger partial charge in [-0.25, -0.2) is 4.39 Å². The van der Waals surface area contributed by atoms with Crippen molar-refractivity contribution in [3.63, 3.8) is 0 Å². The van der Waals surface area contributed by atoms with Crippen LogP contribution in [0.4, 0.5) is 10.1 Å². The summed E-state index contributed by atoms with van der Waals surface area (Å²) in [6, 6.07) is 5.24. The molecular formula is C15H22ClFN2. The number of nitrogens with zero attached hydrogens (tertiary/aromatic N) is 1. The average molecular weight is 285 g/mol. The Hall–Kier alpha value is -0.800. The molecule has 1 fully saturated rings. The van der Waals surface area contributed by atoms with Gasteiger partial charge in [0.15, 0.2) is 5.82 Å². The molecular weight excluding hydrogens is 263 g/mol. The van der Waals surface area contributed by atoms with E-state index in [0.717, 1.165) is 38.9 Å². The largest absolute Gasteiger partial charge is 0.367 e. The van der Waals surface area contributed by atoms with Gasteiger partial charge < -0.3 is 10.2 Å². The molecule has 1 heterocycles. The molecule has 0 saturated carbocycles. The van der Waals surface area contributed by atoms with Gasteiger partial charge in [0.2, 0.25) is 0 Å². The summed E-state index contributed by atoms with van der Waals surface area (Å²) in [7, 11) is 0. The van der Waals surface area contributed by atoms with Crippen LogP contribution in [0.15, 0.2) is 18.2 Å². The van der Waals surface area contributed by atoms with Gasteiger partial charge in [0, 0.05) is 18.6 Å². The summed E-state index contributed by atoms with van der Waals surface area (Å²) in [5.41, 5.74) is 0.702. The predicted molar refractivity (Wildman–Crippen MR) is 79.6 cm³/mol. The average Bonchev–Trinajstić information content (AvgIpc) is 2.65. The van der Waals surface area contributed by atoms with Crippen molar-refractivity contribution in [2.45, 2.75) is 38.6 Å². The molecule has 1 aromatic carbocycles. The maximum atomic E-state index is 14.2. The molecule has 106 valence electrons. The van der Waals surface area contributed by atoms with Crippen LogP contribution in [-0.2, 0) is 0 Å². The summed E-state index contributed by atoms with van der Waals surface area (Å²) >= 11 is 5.90. The van der Waals surface area contributed by atoms with Crippen LogP contribution in [0.5, 0.6) is 0 Å². The van der Waals surface area contributed by atoms with Gasteiger partial charge in [0.05, 0.1) is 10.7 Å². The zero-order valence-corrected chi connectivity index (χ0v) is 12.4. The Kier molecular flexibility index (Phi) is 4.69. The van der Waals surface area contributed by atoms with E-state index in [0.29, 0.717) is 5.69 Å². The molecule has 1 aliphatic rings. The number of anilines is 1. The predicted octanol–water partition coefficient (Wildman–Crippen LogP) is 3.84. The van der Waals surface area contributed by atoms with Crippen LogP contribution in [-0.4, -0.2) is 25.2 Å². The van der Waals surface area contributed by atoms with Gasteiger partial charge in [0.25, 0.3) is 0 Å². The third kappa shape index (κ3) is 3.03. The molecule has 1 N–H and O–H groups in total. The second-order valence-electron chi connectivity index (χ2n) is 5.26. The first-order chi connectivity index (χ1) is 9.12. The summed E-state index contributed by atoms with van der Waals surface area (Å²) in [6.45, 7) is 7.06. The van der Waals surface area contributed by atoms with Crippen LogP contribution in [0, 0.1) is 5.82 Å².